The summed E-state index contributed by atoms with van der Waals surface area (Å²) in [5.41, 5.74) is 6.00. The van der Waals surface area contributed by atoms with Gasteiger partial charge in [-0.3, -0.25) is 9.30 Å². The van der Waals surface area contributed by atoms with Gasteiger partial charge in [0.25, 0.3) is 10.0 Å². The van der Waals surface area contributed by atoms with Crippen molar-refractivity contribution >= 4 is 49.4 Å². The Morgan fingerprint density at radius 1 is 0.857 bits per heavy atom. The SMILES string of the molecule is CCn1c2ccccc2c2cc(C=Nc3ccc(S(=O)(=O)N4CCc5ccccc54)cc3)ccc21. The van der Waals surface area contributed by atoms with Gasteiger partial charge in [-0.15, -0.1) is 0 Å². The molecule has 0 radical (unpaired) electrons. The molecule has 5 aromatic rings. The summed E-state index contributed by atoms with van der Waals surface area (Å²) in [6.07, 6.45) is 2.57. The van der Waals surface area contributed by atoms with Crippen molar-refractivity contribution in [3.8, 4) is 0 Å². The number of para-hydroxylation sites is 2. The number of aliphatic imine (C=N–C) groups is 1. The Morgan fingerprint density at radius 2 is 1.60 bits per heavy atom. The number of aromatic nitrogens is 1. The first-order chi connectivity index (χ1) is 17.1. The Morgan fingerprint density at radius 3 is 2.43 bits per heavy atom. The van der Waals surface area contributed by atoms with Crippen molar-refractivity contribution in [3.63, 3.8) is 0 Å². The van der Waals surface area contributed by atoms with Crippen LogP contribution >= 0.6 is 0 Å². The summed E-state index contributed by atoms with van der Waals surface area (Å²) in [4.78, 5) is 4.89. The number of hydrogen-bond acceptors (Lipinski definition) is 3. The lowest BCUT2D eigenvalue weighted by Crippen LogP contribution is -2.29. The topological polar surface area (TPSA) is 54.7 Å². The minimum absolute atomic E-state index is 0.280. The number of fused-ring (bicyclic) bond motifs is 4. The van der Waals surface area contributed by atoms with E-state index in [4.69, 9.17) is 0 Å². The van der Waals surface area contributed by atoms with Crippen molar-refractivity contribution < 1.29 is 8.42 Å². The molecule has 0 fully saturated rings. The number of rotatable bonds is 5. The van der Waals surface area contributed by atoms with Crippen LogP contribution in [0.4, 0.5) is 11.4 Å². The second-order valence-corrected chi connectivity index (χ2v) is 10.6. The van der Waals surface area contributed by atoms with Gasteiger partial charge in [-0.25, -0.2) is 8.42 Å². The molecule has 0 amide bonds. The molecule has 2 heterocycles. The molecule has 0 bridgehead atoms. The maximum absolute atomic E-state index is 13.2. The van der Waals surface area contributed by atoms with E-state index in [2.05, 4.69) is 58.9 Å². The monoisotopic (exact) mass is 479 g/mol. The van der Waals surface area contributed by atoms with Crippen LogP contribution in [0.25, 0.3) is 21.8 Å². The van der Waals surface area contributed by atoms with Gasteiger partial charge in [-0.2, -0.15) is 0 Å². The van der Waals surface area contributed by atoms with Crippen LogP contribution in [0.15, 0.2) is 101 Å². The lowest BCUT2D eigenvalue weighted by atomic mass is 10.1. The normalized spacial score (nSPS) is 13.8. The number of aryl methyl sites for hydroxylation is 1. The highest BCUT2D eigenvalue weighted by Gasteiger charge is 2.30. The molecule has 6 rings (SSSR count). The fourth-order valence-electron chi connectivity index (χ4n) is 5.03. The summed E-state index contributed by atoms with van der Waals surface area (Å²) in [7, 11) is -3.60. The van der Waals surface area contributed by atoms with Crippen LogP contribution in [0.5, 0.6) is 0 Å². The molecule has 1 aliphatic heterocycles. The standard InChI is InChI=1S/C29H25N3O2S/c1-2-31-28-10-6-4-8-25(28)26-19-21(11-16-29(26)31)20-30-23-12-14-24(15-13-23)35(33,34)32-18-17-22-7-3-5-9-27(22)32/h3-16,19-20H,2,17-18H2,1H3. The predicted molar refractivity (Wildman–Crippen MR) is 143 cm³/mol. The van der Waals surface area contributed by atoms with Gasteiger partial charge in [0.1, 0.15) is 0 Å². The molecule has 174 valence electrons. The van der Waals surface area contributed by atoms with E-state index in [1.165, 1.54) is 26.1 Å². The van der Waals surface area contributed by atoms with Crippen molar-refractivity contribution in [1.82, 2.24) is 4.57 Å². The fourth-order valence-corrected chi connectivity index (χ4v) is 6.53. The first kappa shape index (κ1) is 21.6. The Balaban J connectivity index is 1.28. The maximum atomic E-state index is 13.2. The van der Waals surface area contributed by atoms with Gasteiger partial charge in [-0.1, -0.05) is 42.5 Å². The third-order valence-corrected chi connectivity index (χ3v) is 8.57. The van der Waals surface area contributed by atoms with Gasteiger partial charge in [0.15, 0.2) is 0 Å². The highest BCUT2D eigenvalue weighted by molar-refractivity contribution is 7.92. The third kappa shape index (κ3) is 3.61. The lowest BCUT2D eigenvalue weighted by molar-refractivity contribution is 0.592. The smallest absolute Gasteiger partial charge is 0.264 e. The van der Waals surface area contributed by atoms with E-state index in [0.717, 1.165) is 29.8 Å². The second kappa shape index (κ2) is 8.40. The zero-order valence-corrected chi connectivity index (χ0v) is 20.2. The molecule has 0 spiro atoms. The Hall–Kier alpha value is -3.90. The summed E-state index contributed by atoms with van der Waals surface area (Å²) in [6, 6.07) is 29.3. The molecule has 0 N–H and O–H groups in total. The molecule has 0 saturated carbocycles. The summed E-state index contributed by atoms with van der Waals surface area (Å²) in [5.74, 6) is 0. The summed E-state index contributed by atoms with van der Waals surface area (Å²) >= 11 is 0. The molecule has 0 unspecified atom stereocenters. The number of benzene rings is 4. The third-order valence-electron chi connectivity index (χ3n) is 6.74. The first-order valence-corrected chi connectivity index (χ1v) is 13.3. The van der Waals surface area contributed by atoms with E-state index in [-0.39, 0.29) is 4.90 Å². The molecule has 4 aromatic carbocycles. The molecular weight excluding hydrogens is 454 g/mol. The largest absolute Gasteiger partial charge is 0.341 e. The fraction of sp³-hybridized carbons (Fsp3) is 0.138. The average Bonchev–Trinajstić information content (AvgIpc) is 3.47. The van der Waals surface area contributed by atoms with E-state index in [1.54, 1.807) is 24.3 Å². The average molecular weight is 480 g/mol. The molecule has 35 heavy (non-hydrogen) atoms. The molecule has 5 nitrogen and oxygen atoms in total. The molecule has 0 aliphatic carbocycles. The van der Waals surface area contributed by atoms with Gasteiger partial charge in [0, 0.05) is 41.1 Å². The summed E-state index contributed by atoms with van der Waals surface area (Å²) < 4.78 is 30.3. The Kier molecular flexibility index (Phi) is 5.19. The first-order valence-electron chi connectivity index (χ1n) is 11.8. The van der Waals surface area contributed by atoms with Gasteiger partial charge in [0.2, 0.25) is 0 Å². The van der Waals surface area contributed by atoms with E-state index in [1.807, 2.05) is 30.5 Å². The van der Waals surface area contributed by atoms with Crippen molar-refractivity contribution in [3.05, 3.63) is 102 Å². The van der Waals surface area contributed by atoms with Gasteiger partial charge in [0.05, 0.1) is 16.3 Å². The van der Waals surface area contributed by atoms with Crippen LogP contribution in [0, 0.1) is 0 Å². The highest BCUT2D eigenvalue weighted by Crippen LogP contribution is 2.33. The van der Waals surface area contributed by atoms with Crippen LogP contribution in [0.3, 0.4) is 0 Å². The Bertz CT molecular complexity index is 1700. The second-order valence-electron chi connectivity index (χ2n) is 8.75. The van der Waals surface area contributed by atoms with Crippen molar-refractivity contribution in [2.75, 3.05) is 10.8 Å². The maximum Gasteiger partial charge on any atom is 0.264 e. The van der Waals surface area contributed by atoms with Crippen LogP contribution in [0.1, 0.15) is 18.1 Å². The van der Waals surface area contributed by atoms with Crippen molar-refractivity contribution in [1.29, 1.82) is 0 Å². The molecule has 1 aromatic heterocycles. The van der Waals surface area contributed by atoms with Crippen LogP contribution in [-0.2, 0) is 23.0 Å². The molecule has 0 atom stereocenters. The number of nitrogens with zero attached hydrogens (tertiary/aromatic N) is 3. The number of sulfonamides is 1. The highest BCUT2D eigenvalue weighted by atomic mass is 32.2. The minimum atomic E-state index is -3.60. The molecule has 1 aliphatic rings. The predicted octanol–water partition coefficient (Wildman–Crippen LogP) is 6.32. The number of anilines is 1. The lowest BCUT2D eigenvalue weighted by Gasteiger charge is -2.19. The van der Waals surface area contributed by atoms with Crippen molar-refractivity contribution in [2.45, 2.75) is 24.8 Å². The van der Waals surface area contributed by atoms with Gasteiger partial charge < -0.3 is 4.57 Å². The van der Waals surface area contributed by atoms with E-state index in [9.17, 15) is 8.42 Å². The number of hydrogen-bond donors (Lipinski definition) is 0. The van der Waals surface area contributed by atoms with Gasteiger partial charge in [-0.05, 0) is 73.0 Å². The summed E-state index contributed by atoms with van der Waals surface area (Å²) in [6.45, 7) is 3.54. The molecule has 6 heteroatoms. The van der Waals surface area contributed by atoms with E-state index < -0.39 is 10.0 Å². The molecular formula is C29H25N3O2S. The van der Waals surface area contributed by atoms with Crippen LogP contribution < -0.4 is 4.31 Å². The molecule has 0 saturated heterocycles. The Labute approximate surface area is 205 Å². The van der Waals surface area contributed by atoms with Crippen LogP contribution in [0.2, 0.25) is 0 Å². The van der Waals surface area contributed by atoms with Crippen LogP contribution in [-0.4, -0.2) is 25.7 Å². The minimum Gasteiger partial charge on any atom is -0.341 e. The van der Waals surface area contributed by atoms with Crippen molar-refractivity contribution in [2.24, 2.45) is 4.99 Å². The van der Waals surface area contributed by atoms with E-state index >= 15 is 0 Å². The quantitative estimate of drug-likeness (QED) is 0.277. The van der Waals surface area contributed by atoms with E-state index in [0.29, 0.717) is 12.2 Å². The zero-order chi connectivity index (χ0) is 24.0. The van der Waals surface area contributed by atoms with Gasteiger partial charge >= 0.3 is 0 Å². The summed E-state index contributed by atoms with van der Waals surface area (Å²) in [5, 5.41) is 2.44. The zero-order valence-electron chi connectivity index (χ0n) is 19.4.